The highest BCUT2D eigenvalue weighted by atomic mass is 16.5. The molecule has 0 aliphatic carbocycles. The number of hydrogen-bond acceptors (Lipinski definition) is 3. The molecule has 1 heterocycles. The first kappa shape index (κ1) is 15.5. The minimum absolute atomic E-state index is 0.0613. The monoisotopic (exact) mass is 291 g/mol. The van der Waals surface area contributed by atoms with Crippen LogP contribution in [-0.4, -0.2) is 29.2 Å². The minimum Gasteiger partial charge on any atom is -0.479 e. The van der Waals surface area contributed by atoms with Crippen molar-refractivity contribution >= 4 is 17.6 Å². The summed E-state index contributed by atoms with van der Waals surface area (Å²) in [6.45, 7) is 6.37. The van der Waals surface area contributed by atoms with Crippen LogP contribution in [0.3, 0.4) is 0 Å². The molecule has 2 unspecified atom stereocenters. The van der Waals surface area contributed by atoms with Crippen molar-refractivity contribution in [2.45, 2.75) is 51.2 Å². The van der Waals surface area contributed by atoms with Gasteiger partial charge in [-0.05, 0) is 36.0 Å². The minimum atomic E-state index is -1.01. The summed E-state index contributed by atoms with van der Waals surface area (Å²) in [4.78, 5) is 22.8. The zero-order valence-corrected chi connectivity index (χ0v) is 12.6. The second-order valence-electron chi connectivity index (χ2n) is 6.35. The van der Waals surface area contributed by atoms with E-state index >= 15 is 0 Å². The summed E-state index contributed by atoms with van der Waals surface area (Å²) >= 11 is 0. The van der Waals surface area contributed by atoms with E-state index in [4.69, 9.17) is 9.84 Å². The summed E-state index contributed by atoms with van der Waals surface area (Å²) in [7, 11) is 0. The quantitative estimate of drug-likeness (QED) is 0.897. The highest BCUT2D eigenvalue weighted by molar-refractivity contribution is 5.94. The Hall–Kier alpha value is -1.88. The van der Waals surface area contributed by atoms with Gasteiger partial charge >= 0.3 is 5.97 Å². The van der Waals surface area contributed by atoms with Crippen LogP contribution in [0.15, 0.2) is 24.3 Å². The van der Waals surface area contributed by atoms with Crippen molar-refractivity contribution < 1.29 is 19.4 Å². The van der Waals surface area contributed by atoms with Gasteiger partial charge in [0.05, 0.1) is 0 Å². The van der Waals surface area contributed by atoms with Gasteiger partial charge in [0.1, 0.15) is 6.10 Å². The zero-order chi connectivity index (χ0) is 15.6. The Morgan fingerprint density at radius 3 is 2.19 bits per heavy atom. The Morgan fingerprint density at radius 1 is 1.14 bits per heavy atom. The molecule has 2 rings (SSSR count). The average molecular weight is 291 g/mol. The molecule has 114 valence electrons. The van der Waals surface area contributed by atoms with Crippen LogP contribution in [0.2, 0.25) is 0 Å². The van der Waals surface area contributed by atoms with Gasteiger partial charge in [0.15, 0.2) is 6.10 Å². The first-order valence-corrected chi connectivity index (χ1v) is 7.07. The summed E-state index contributed by atoms with van der Waals surface area (Å²) < 4.78 is 5.22. The lowest BCUT2D eigenvalue weighted by molar-refractivity contribution is -0.150. The Kier molecular flexibility index (Phi) is 4.32. The fraction of sp³-hybridized carbons (Fsp3) is 0.500. The van der Waals surface area contributed by atoms with Crippen LogP contribution >= 0.6 is 0 Å². The molecule has 2 atom stereocenters. The third-order valence-corrected chi connectivity index (χ3v) is 3.61. The summed E-state index contributed by atoms with van der Waals surface area (Å²) in [5.74, 6) is -1.30. The number of aliphatic carboxylic acids is 1. The van der Waals surface area contributed by atoms with E-state index in [1.807, 2.05) is 24.3 Å². The molecule has 0 radical (unpaired) electrons. The lowest BCUT2D eigenvalue weighted by Gasteiger charge is -2.19. The van der Waals surface area contributed by atoms with E-state index in [2.05, 4.69) is 26.1 Å². The predicted molar refractivity (Wildman–Crippen MR) is 79.3 cm³/mol. The van der Waals surface area contributed by atoms with Crippen molar-refractivity contribution in [3.8, 4) is 0 Å². The van der Waals surface area contributed by atoms with Crippen molar-refractivity contribution in [1.82, 2.24) is 0 Å². The fourth-order valence-electron chi connectivity index (χ4n) is 2.29. The van der Waals surface area contributed by atoms with E-state index in [9.17, 15) is 9.59 Å². The highest BCUT2D eigenvalue weighted by Crippen LogP contribution is 2.25. The number of rotatable bonds is 3. The molecule has 1 amide bonds. The molecule has 0 saturated carbocycles. The summed E-state index contributed by atoms with van der Waals surface area (Å²) in [5.41, 5.74) is 1.94. The zero-order valence-electron chi connectivity index (χ0n) is 12.6. The Labute approximate surface area is 124 Å². The average Bonchev–Trinajstić information content (AvgIpc) is 2.88. The van der Waals surface area contributed by atoms with Crippen LogP contribution in [0.25, 0.3) is 0 Å². The molecule has 1 saturated heterocycles. The second kappa shape index (κ2) is 5.85. The molecule has 21 heavy (non-hydrogen) atoms. The van der Waals surface area contributed by atoms with Crippen molar-refractivity contribution in [1.29, 1.82) is 0 Å². The van der Waals surface area contributed by atoms with Gasteiger partial charge in [0.2, 0.25) is 0 Å². The van der Waals surface area contributed by atoms with Gasteiger partial charge in [0.25, 0.3) is 5.91 Å². The molecule has 5 heteroatoms. The van der Waals surface area contributed by atoms with Gasteiger partial charge in [-0.2, -0.15) is 0 Å². The smallest absolute Gasteiger partial charge is 0.332 e. The largest absolute Gasteiger partial charge is 0.479 e. The van der Waals surface area contributed by atoms with E-state index in [0.717, 1.165) is 0 Å². The number of ether oxygens (including phenoxy) is 1. The summed E-state index contributed by atoms with van der Waals surface area (Å²) in [6, 6.07) is 7.65. The van der Waals surface area contributed by atoms with E-state index in [-0.39, 0.29) is 11.3 Å². The van der Waals surface area contributed by atoms with E-state index in [0.29, 0.717) is 18.5 Å². The van der Waals surface area contributed by atoms with Crippen LogP contribution in [-0.2, 0) is 19.7 Å². The van der Waals surface area contributed by atoms with Crippen LogP contribution in [0, 0.1) is 0 Å². The maximum Gasteiger partial charge on any atom is 0.332 e. The van der Waals surface area contributed by atoms with E-state index in [1.54, 1.807) is 0 Å². The standard InChI is InChI=1S/C16H21NO4/c1-16(2,3)10-4-6-11(7-5-10)17-14(18)12-8-9-13(21-12)15(19)20/h4-7,12-13H,8-9H2,1-3H3,(H,17,18)(H,19,20). The van der Waals surface area contributed by atoms with Crippen molar-refractivity contribution in [3.63, 3.8) is 0 Å². The first-order chi connectivity index (χ1) is 9.77. The molecular weight excluding hydrogens is 270 g/mol. The van der Waals surface area contributed by atoms with Crippen molar-refractivity contribution in [2.24, 2.45) is 0 Å². The summed E-state index contributed by atoms with van der Waals surface area (Å²) in [6.07, 6.45) is -0.753. The van der Waals surface area contributed by atoms with Crippen LogP contribution < -0.4 is 5.32 Å². The SMILES string of the molecule is CC(C)(C)c1ccc(NC(=O)C2CCC(C(=O)O)O2)cc1. The Bertz CT molecular complexity index is 530. The number of amides is 1. The van der Waals surface area contributed by atoms with Gasteiger partial charge in [-0.25, -0.2) is 4.79 Å². The van der Waals surface area contributed by atoms with Gasteiger partial charge in [0, 0.05) is 5.69 Å². The number of carbonyl (C=O) groups excluding carboxylic acids is 1. The maximum absolute atomic E-state index is 12.0. The predicted octanol–water partition coefficient (Wildman–Crippen LogP) is 2.55. The number of carbonyl (C=O) groups is 2. The number of carboxylic acids is 1. The molecule has 1 aromatic rings. The van der Waals surface area contributed by atoms with Gasteiger partial charge in [-0.1, -0.05) is 32.9 Å². The number of nitrogens with one attached hydrogen (secondary N) is 1. The molecule has 1 aliphatic rings. The molecule has 1 fully saturated rings. The Balaban J connectivity index is 1.96. The number of hydrogen-bond donors (Lipinski definition) is 2. The van der Waals surface area contributed by atoms with Gasteiger partial charge in [-0.15, -0.1) is 0 Å². The lowest BCUT2D eigenvalue weighted by Crippen LogP contribution is -2.29. The molecule has 2 N–H and O–H groups in total. The lowest BCUT2D eigenvalue weighted by atomic mass is 9.87. The van der Waals surface area contributed by atoms with Gasteiger partial charge < -0.3 is 15.2 Å². The molecular formula is C16H21NO4. The van der Waals surface area contributed by atoms with Crippen LogP contribution in [0.5, 0.6) is 0 Å². The fourth-order valence-corrected chi connectivity index (χ4v) is 2.29. The van der Waals surface area contributed by atoms with Crippen LogP contribution in [0.1, 0.15) is 39.2 Å². The van der Waals surface area contributed by atoms with Crippen molar-refractivity contribution in [3.05, 3.63) is 29.8 Å². The van der Waals surface area contributed by atoms with Gasteiger partial charge in [-0.3, -0.25) is 4.79 Å². The number of benzene rings is 1. The Morgan fingerprint density at radius 2 is 1.71 bits per heavy atom. The topological polar surface area (TPSA) is 75.6 Å². The molecule has 1 aromatic carbocycles. The third-order valence-electron chi connectivity index (χ3n) is 3.61. The highest BCUT2D eigenvalue weighted by Gasteiger charge is 2.34. The number of carboxylic acid groups (broad SMARTS) is 1. The number of anilines is 1. The molecule has 0 spiro atoms. The maximum atomic E-state index is 12.0. The summed E-state index contributed by atoms with van der Waals surface area (Å²) in [5, 5.41) is 11.6. The van der Waals surface area contributed by atoms with Crippen molar-refractivity contribution in [2.75, 3.05) is 5.32 Å². The van der Waals surface area contributed by atoms with E-state index < -0.39 is 18.2 Å². The molecule has 0 aromatic heterocycles. The van der Waals surface area contributed by atoms with Crippen LogP contribution in [0.4, 0.5) is 5.69 Å². The molecule has 1 aliphatic heterocycles. The third kappa shape index (κ3) is 3.82. The van der Waals surface area contributed by atoms with E-state index in [1.165, 1.54) is 5.56 Å². The molecule has 0 bridgehead atoms. The normalized spacial score (nSPS) is 22.0. The second-order valence-corrected chi connectivity index (χ2v) is 6.35. The molecule has 5 nitrogen and oxygen atoms in total. The first-order valence-electron chi connectivity index (χ1n) is 7.07.